The van der Waals surface area contributed by atoms with Crippen molar-refractivity contribution in [3.63, 3.8) is 0 Å². The maximum Gasteiger partial charge on any atom is 0.336 e. The number of likely N-dealkylation sites (tertiary alicyclic amines) is 1. The van der Waals surface area contributed by atoms with E-state index in [-0.39, 0.29) is 54.9 Å². The molecule has 232 valence electrons. The summed E-state index contributed by atoms with van der Waals surface area (Å²) in [5, 5.41) is 0.615. The van der Waals surface area contributed by atoms with Crippen LogP contribution in [0.5, 0.6) is 0 Å². The fraction of sp³-hybridized carbons (Fsp3) is 0.378. The number of benzene rings is 2. The fourth-order valence-corrected chi connectivity index (χ4v) is 7.51. The Balaban J connectivity index is 1.20. The van der Waals surface area contributed by atoms with Crippen molar-refractivity contribution in [2.24, 2.45) is 41.4 Å². The zero-order valence-electron chi connectivity index (χ0n) is 25.4. The van der Waals surface area contributed by atoms with Crippen molar-refractivity contribution in [3.8, 4) is 0 Å². The van der Waals surface area contributed by atoms with Crippen LogP contribution >= 0.6 is 0 Å². The molecule has 7 atom stereocenters. The van der Waals surface area contributed by atoms with Crippen molar-refractivity contribution in [1.82, 2.24) is 9.96 Å². The van der Waals surface area contributed by atoms with Crippen LogP contribution in [-0.2, 0) is 35.4 Å². The number of fused-ring (bicyclic) bond motifs is 1. The van der Waals surface area contributed by atoms with Crippen LogP contribution in [0.1, 0.15) is 50.2 Å². The monoisotopic (exact) mass is 606 g/mol. The molecule has 7 unspecified atom stereocenters. The lowest BCUT2D eigenvalue weighted by molar-refractivity contribution is -0.201. The van der Waals surface area contributed by atoms with E-state index in [1.807, 2.05) is 85.8 Å². The first-order valence-electron chi connectivity index (χ1n) is 15.8. The lowest BCUT2D eigenvalue weighted by Crippen LogP contribution is -2.35. The van der Waals surface area contributed by atoms with Crippen LogP contribution in [-0.4, -0.2) is 39.6 Å². The highest BCUT2D eigenvalue weighted by Crippen LogP contribution is 2.50. The lowest BCUT2D eigenvalue weighted by Gasteiger charge is -2.19. The van der Waals surface area contributed by atoms with Crippen LogP contribution < -0.4 is 0 Å². The van der Waals surface area contributed by atoms with Gasteiger partial charge in [-0.25, -0.2) is 4.79 Å². The number of amides is 4. The zero-order chi connectivity index (χ0) is 31.5. The zero-order valence-corrected chi connectivity index (χ0v) is 25.4. The number of hydrogen-bond donors (Lipinski definition) is 0. The first kappa shape index (κ1) is 30.4. The Bertz CT molecular complexity index is 1530. The molecule has 0 bridgehead atoms. The van der Waals surface area contributed by atoms with Gasteiger partial charge in [-0.2, -0.15) is 0 Å². The minimum atomic E-state index is -0.572. The molecule has 0 N–H and O–H groups in total. The maximum absolute atomic E-state index is 13.8. The molecule has 4 fully saturated rings. The molecule has 2 saturated carbocycles. The highest BCUT2D eigenvalue weighted by Gasteiger charge is 2.57. The minimum Gasteiger partial charge on any atom is -0.330 e. The van der Waals surface area contributed by atoms with E-state index in [1.54, 1.807) is 0 Å². The SMILES string of the molecule is C/C=C/C1CC(/C=C\C2CC(/C=C/c3ccccc3)C3C(=O)N(Cc4ccccc4)C(=O)C23)CC1C(=O)ON1C(=O)CCC1=O. The van der Waals surface area contributed by atoms with Crippen LogP contribution in [0.25, 0.3) is 6.08 Å². The molecule has 8 nitrogen and oxygen atoms in total. The van der Waals surface area contributed by atoms with Gasteiger partial charge in [0.25, 0.3) is 11.8 Å². The third kappa shape index (κ3) is 6.32. The molecule has 2 aliphatic heterocycles. The highest BCUT2D eigenvalue weighted by atomic mass is 16.7. The molecule has 45 heavy (non-hydrogen) atoms. The Morgan fingerprint density at radius 3 is 2.02 bits per heavy atom. The summed E-state index contributed by atoms with van der Waals surface area (Å²) in [5.74, 6) is -3.42. The van der Waals surface area contributed by atoms with E-state index in [1.165, 1.54) is 4.90 Å². The number of carbonyl (C=O) groups is 5. The van der Waals surface area contributed by atoms with Crippen molar-refractivity contribution < 1.29 is 28.8 Å². The third-order valence-corrected chi connectivity index (χ3v) is 9.68. The molecule has 0 radical (unpaired) electrons. The Morgan fingerprint density at radius 1 is 0.756 bits per heavy atom. The van der Waals surface area contributed by atoms with Gasteiger partial charge in [-0.05, 0) is 61.0 Å². The van der Waals surface area contributed by atoms with E-state index in [0.717, 1.165) is 11.1 Å². The van der Waals surface area contributed by atoms with Crippen molar-refractivity contribution in [3.05, 3.63) is 102 Å². The fourth-order valence-electron chi connectivity index (χ4n) is 7.51. The van der Waals surface area contributed by atoms with Gasteiger partial charge in [-0.1, -0.05) is 97.1 Å². The Hall–Kier alpha value is -4.59. The standard InChI is InChI=1S/C37H38N2O6/c1-2-9-27-20-26(21-30(27)37(44)45-39-31(40)18-19-32(39)41)15-17-29-22-28(16-14-24-10-5-3-6-11-24)33-34(29)36(43)38(35(33)42)23-25-12-7-4-8-13-25/h2-17,26-30,33-34H,18-23H2,1H3/b9-2+,16-14+,17-15-. The quantitative estimate of drug-likeness (QED) is 0.275. The van der Waals surface area contributed by atoms with E-state index in [9.17, 15) is 24.0 Å². The van der Waals surface area contributed by atoms with Gasteiger partial charge in [-0.3, -0.25) is 24.1 Å². The van der Waals surface area contributed by atoms with Crippen molar-refractivity contribution >= 4 is 35.7 Å². The number of hydroxylamine groups is 2. The highest BCUT2D eigenvalue weighted by molar-refractivity contribution is 6.06. The second-order valence-corrected chi connectivity index (χ2v) is 12.5. The van der Waals surface area contributed by atoms with E-state index < -0.39 is 35.5 Å². The molecule has 2 aromatic rings. The third-order valence-electron chi connectivity index (χ3n) is 9.68. The van der Waals surface area contributed by atoms with E-state index >= 15 is 0 Å². The van der Waals surface area contributed by atoms with E-state index in [2.05, 4.69) is 18.2 Å². The van der Waals surface area contributed by atoms with E-state index in [4.69, 9.17) is 4.84 Å². The Labute approximate surface area is 263 Å². The molecule has 4 aliphatic rings. The Morgan fingerprint density at radius 2 is 1.38 bits per heavy atom. The number of hydrogen-bond acceptors (Lipinski definition) is 6. The molecular formula is C37H38N2O6. The molecule has 8 heteroatoms. The molecule has 2 aliphatic carbocycles. The molecule has 4 amide bonds. The topological polar surface area (TPSA) is 101 Å². The lowest BCUT2D eigenvalue weighted by atomic mass is 9.88. The summed E-state index contributed by atoms with van der Waals surface area (Å²) in [5.41, 5.74) is 1.96. The number of allylic oxidation sites excluding steroid dienone is 5. The average Bonchev–Trinajstić information content (AvgIpc) is 3.78. The van der Waals surface area contributed by atoms with Gasteiger partial charge in [-0.15, -0.1) is 5.06 Å². The molecule has 0 aromatic heterocycles. The van der Waals surface area contributed by atoms with Gasteiger partial charge in [0.1, 0.15) is 0 Å². The second-order valence-electron chi connectivity index (χ2n) is 12.5. The van der Waals surface area contributed by atoms with Crippen molar-refractivity contribution in [1.29, 1.82) is 0 Å². The predicted octanol–water partition coefficient (Wildman–Crippen LogP) is 5.52. The molecule has 2 saturated heterocycles. The van der Waals surface area contributed by atoms with Gasteiger partial charge in [0, 0.05) is 12.8 Å². The molecular weight excluding hydrogens is 568 g/mol. The first-order chi connectivity index (χ1) is 21.8. The normalized spacial score (nSPS) is 30.1. The van der Waals surface area contributed by atoms with Crippen LogP contribution in [0.15, 0.2) is 91.0 Å². The van der Waals surface area contributed by atoms with Crippen LogP contribution in [0.2, 0.25) is 0 Å². The van der Waals surface area contributed by atoms with Gasteiger partial charge < -0.3 is 4.84 Å². The Kier molecular flexibility index (Phi) is 8.92. The second kappa shape index (κ2) is 13.2. The number of nitrogens with zero attached hydrogens (tertiary/aromatic N) is 2. The summed E-state index contributed by atoms with van der Waals surface area (Å²) in [7, 11) is 0. The first-order valence-corrected chi connectivity index (χ1v) is 15.8. The predicted molar refractivity (Wildman–Crippen MR) is 167 cm³/mol. The van der Waals surface area contributed by atoms with Gasteiger partial charge in [0.05, 0.1) is 24.3 Å². The molecule has 0 spiro atoms. The summed E-state index contributed by atoms with van der Waals surface area (Å²) < 4.78 is 0. The summed E-state index contributed by atoms with van der Waals surface area (Å²) >= 11 is 0. The largest absolute Gasteiger partial charge is 0.336 e. The van der Waals surface area contributed by atoms with Gasteiger partial charge in [0.2, 0.25) is 11.8 Å². The number of rotatable bonds is 9. The molecule has 6 rings (SSSR count). The summed E-state index contributed by atoms with van der Waals surface area (Å²) in [6, 6.07) is 19.5. The smallest absolute Gasteiger partial charge is 0.330 e. The molecule has 2 heterocycles. The van der Waals surface area contributed by atoms with Crippen LogP contribution in [0.4, 0.5) is 0 Å². The summed E-state index contributed by atoms with van der Waals surface area (Å²) in [4.78, 5) is 71.5. The maximum atomic E-state index is 13.8. The summed E-state index contributed by atoms with van der Waals surface area (Å²) in [6.07, 6.45) is 14.2. The van der Waals surface area contributed by atoms with Crippen molar-refractivity contribution in [2.75, 3.05) is 0 Å². The summed E-state index contributed by atoms with van der Waals surface area (Å²) in [6.45, 7) is 2.15. The van der Waals surface area contributed by atoms with Crippen LogP contribution in [0.3, 0.4) is 0 Å². The number of imide groups is 2. The molecule has 2 aromatic carbocycles. The van der Waals surface area contributed by atoms with Crippen molar-refractivity contribution in [2.45, 2.75) is 45.6 Å². The van der Waals surface area contributed by atoms with Gasteiger partial charge >= 0.3 is 5.97 Å². The minimum absolute atomic E-state index is 0.0405. The van der Waals surface area contributed by atoms with Crippen LogP contribution in [0, 0.1) is 41.4 Å². The van der Waals surface area contributed by atoms with Gasteiger partial charge in [0.15, 0.2) is 0 Å². The number of carbonyl (C=O) groups excluding carboxylic acids is 5. The van der Waals surface area contributed by atoms with E-state index in [0.29, 0.717) is 24.3 Å². The average molecular weight is 607 g/mol.